The molecule has 0 aliphatic carbocycles. The SMILES string of the molecule is COc1ccc(-c2nn(-c3ccccc3)cc2/C=C/C(=O)c2cccc(NC(=O)c3cccs3)c2)cc1. The van der Waals surface area contributed by atoms with Crippen LogP contribution in [0.4, 0.5) is 5.69 Å². The van der Waals surface area contributed by atoms with Gasteiger partial charge in [0.25, 0.3) is 5.91 Å². The molecule has 0 fully saturated rings. The van der Waals surface area contributed by atoms with E-state index in [1.807, 2.05) is 72.2 Å². The first kappa shape index (κ1) is 24.0. The van der Waals surface area contributed by atoms with Crippen LogP contribution in [0.15, 0.2) is 109 Å². The lowest BCUT2D eigenvalue weighted by Crippen LogP contribution is -2.10. The van der Waals surface area contributed by atoms with Gasteiger partial charge in [-0.05, 0) is 72.1 Å². The number of para-hydroxylation sites is 1. The first-order valence-electron chi connectivity index (χ1n) is 11.6. The van der Waals surface area contributed by atoms with Crippen molar-refractivity contribution in [3.63, 3.8) is 0 Å². The summed E-state index contributed by atoms with van der Waals surface area (Å²) in [4.78, 5) is 26.0. The smallest absolute Gasteiger partial charge is 0.265 e. The van der Waals surface area contributed by atoms with Crippen LogP contribution in [0.3, 0.4) is 0 Å². The van der Waals surface area contributed by atoms with Gasteiger partial charge in [-0.15, -0.1) is 11.3 Å². The second-order valence-electron chi connectivity index (χ2n) is 8.15. The fraction of sp³-hybridized carbons (Fsp3) is 0.0333. The van der Waals surface area contributed by atoms with Gasteiger partial charge in [0.1, 0.15) is 5.75 Å². The maximum atomic E-state index is 13.1. The third-order valence-corrected chi connectivity index (χ3v) is 6.56. The minimum Gasteiger partial charge on any atom is -0.497 e. The van der Waals surface area contributed by atoms with Crippen molar-refractivity contribution in [2.75, 3.05) is 12.4 Å². The topological polar surface area (TPSA) is 73.2 Å². The van der Waals surface area contributed by atoms with Gasteiger partial charge in [0.15, 0.2) is 5.78 Å². The number of nitrogens with one attached hydrogen (secondary N) is 1. The summed E-state index contributed by atoms with van der Waals surface area (Å²) >= 11 is 1.36. The van der Waals surface area contributed by atoms with E-state index in [1.165, 1.54) is 17.4 Å². The van der Waals surface area contributed by atoms with Gasteiger partial charge in [-0.3, -0.25) is 9.59 Å². The van der Waals surface area contributed by atoms with Gasteiger partial charge in [-0.25, -0.2) is 4.68 Å². The first-order valence-corrected chi connectivity index (χ1v) is 12.5. The summed E-state index contributed by atoms with van der Waals surface area (Å²) in [5.41, 5.74) is 4.39. The van der Waals surface area contributed by atoms with Crippen LogP contribution in [-0.2, 0) is 0 Å². The molecule has 0 bridgehead atoms. The summed E-state index contributed by atoms with van der Waals surface area (Å²) in [6.07, 6.45) is 5.20. The maximum absolute atomic E-state index is 13.1. The Balaban J connectivity index is 1.42. The minimum absolute atomic E-state index is 0.180. The number of benzene rings is 3. The van der Waals surface area contributed by atoms with Crippen molar-refractivity contribution in [3.05, 3.63) is 125 Å². The highest BCUT2D eigenvalue weighted by Gasteiger charge is 2.13. The number of carbonyl (C=O) groups is 2. The van der Waals surface area contributed by atoms with E-state index in [0.717, 1.165) is 28.3 Å². The average molecular weight is 506 g/mol. The summed E-state index contributed by atoms with van der Waals surface area (Å²) in [5.74, 6) is 0.373. The molecule has 0 saturated carbocycles. The minimum atomic E-state index is -0.201. The molecule has 3 aromatic carbocycles. The number of ether oxygens (including phenoxy) is 1. The molecule has 0 radical (unpaired) electrons. The number of hydrogen-bond acceptors (Lipinski definition) is 5. The molecule has 0 unspecified atom stereocenters. The van der Waals surface area contributed by atoms with Gasteiger partial charge < -0.3 is 10.1 Å². The van der Waals surface area contributed by atoms with Crippen molar-refractivity contribution >= 4 is 34.8 Å². The van der Waals surface area contributed by atoms with Crippen molar-refractivity contribution in [2.24, 2.45) is 0 Å². The molecular formula is C30H23N3O3S. The molecule has 2 aromatic heterocycles. The fourth-order valence-electron chi connectivity index (χ4n) is 3.81. The number of thiophene rings is 1. The number of ketones is 1. The van der Waals surface area contributed by atoms with E-state index < -0.39 is 0 Å². The molecule has 1 amide bonds. The fourth-order valence-corrected chi connectivity index (χ4v) is 4.43. The van der Waals surface area contributed by atoms with Crippen LogP contribution in [0.5, 0.6) is 5.75 Å². The van der Waals surface area contributed by atoms with E-state index in [9.17, 15) is 9.59 Å². The van der Waals surface area contributed by atoms with Gasteiger partial charge in [-0.2, -0.15) is 5.10 Å². The van der Waals surface area contributed by atoms with Gasteiger partial charge >= 0.3 is 0 Å². The highest BCUT2D eigenvalue weighted by atomic mass is 32.1. The molecule has 0 atom stereocenters. The Morgan fingerprint density at radius 1 is 0.946 bits per heavy atom. The van der Waals surface area contributed by atoms with E-state index in [-0.39, 0.29) is 11.7 Å². The predicted molar refractivity (Wildman–Crippen MR) is 148 cm³/mol. The Kier molecular flexibility index (Phi) is 7.05. The molecule has 0 saturated heterocycles. The van der Waals surface area contributed by atoms with Crippen LogP contribution in [-0.4, -0.2) is 28.6 Å². The summed E-state index contributed by atoms with van der Waals surface area (Å²) in [7, 11) is 1.63. The molecule has 0 aliphatic heterocycles. The highest BCUT2D eigenvalue weighted by molar-refractivity contribution is 7.12. The van der Waals surface area contributed by atoms with Gasteiger partial charge in [0.2, 0.25) is 0 Å². The van der Waals surface area contributed by atoms with E-state index >= 15 is 0 Å². The average Bonchev–Trinajstić information content (AvgIpc) is 3.63. The highest BCUT2D eigenvalue weighted by Crippen LogP contribution is 2.27. The first-order chi connectivity index (χ1) is 18.1. The van der Waals surface area contributed by atoms with Crippen molar-refractivity contribution in [1.82, 2.24) is 9.78 Å². The molecule has 5 rings (SSSR count). The number of amides is 1. The zero-order valence-electron chi connectivity index (χ0n) is 20.0. The van der Waals surface area contributed by atoms with E-state index in [4.69, 9.17) is 9.84 Å². The molecule has 1 N–H and O–H groups in total. The molecular weight excluding hydrogens is 482 g/mol. The third-order valence-electron chi connectivity index (χ3n) is 5.69. The van der Waals surface area contributed by atoms with Crippen LogP contribution in [0, 0.1) is 0 Å². The lowest BCUT2D eigenvalue weighted by Gasteiger charge is -2.05. The van der Waals surface area contributed by atoms with Gasteiger partial charge in [0, 0.05) is 28.6 Å². The quantitative estimate of drug-likeness (QED) is 0.187. The van der Waals surface area contributed by atoms with Crippen LogP contribution >= 0.6 is 11.3 Å². The molecule has 182 valence electrons. The lowest BCUT2D eigenvalue weighted by atomic mass is 10.1. The number of nitrogens with zero attached hydrogens (tertiary/aromatic N) is 2. The van der Waals surface area contributed by atoms with E-state index in [2.05, 4.69) is 5.32 Å². The van der Waals surface area contributed by atoms with Crippen LogP contribution in [0.1, 0.15) is 25.6 Å². The molecule has 0 spiro atoms. The molecule has 7 heteroatoms. The number of allylic oxidation sites excluding steroid dienone is 1. The molecule has 5 aromatic rings. The Bertz CT molecular complexity index is 1550. The standard InChI is InChI=1S/C30H23N3O3S/c1-36-26-15-12-21(13-16-26)29-23(20-33(32-29)25-9-3-2-4-10-25)14-17-27(34)22-7-5-8-24(19-22)31-30(35)28-11-6-18-37-28/h2-20H,1H3,(H,31,35)/b17-14+. The molecule has 37 heavy (non-hydrogen) atoms. The summed E-state index contributed by atoms with van der Waals surface area (Å²) in [5, 5.41) is 9.49. The van der Waals surface area contributed by atoms with Crippen molar-refractivity contribution in [2.45, 2.75) is 0 Å². The Morgan fingerprint density at radius 3 is 2.49 bits per heavy atom. The Morgan fingerprint density at radius 2 is 1.76 bits per heavy atom. The Labute approximate surface area is 218 Å². The van der Waals surface area contributed by atoms with E-state index in [0.29, 0.717) is 16.1 Å². The van der Waals surface area contributed by atoms with E-state index in [1.54, 1.807) is 48.2 Å². The number of rotatable bonds is 8. The van der Waals surface area contributed by atoms with Gasteiger partial charge in [-0.1, -0.05) is 36.4 Å². The summed E-state index contributed by atoms with van der Waals surface area (Å²) in [6, 6.07) is 27.9. The normalized spacial score (nSPS) is 10.9. The summed E-state index contributed by atoms with van der Waals surface area (Å²) < 4.78 is 7.08. The number of methoxy groups -OCH3 is 1. The number of hydrogen-bond donors (Lipinski definition) is 1. The number of anilines is 1. The second-order valence-corrected chi connectivity index (χ2v) is 9.10. The summed E-state index contributed by atoms with van der Waals surface area (Å²) in [6.45, 7) is 0. The van der Waals surface area contributed by atoms with Crippen molar-refractivity contribution < 1.29 is 14.3 Å². The van der Waals surface area contributed by atoms with Crippen molar-refractivity contribution in [1.29, 1.82) is 0 Å². The zero-order valence-corrected chi connectivity index (χ0v) is 20.8. The monoisotopic (exact) mass is 505 g/mol. The largest absolute Gasteiger partial charge is 0.497 e. The zero-order chi connectivity index (χ0) is 25.6. The van der Waals surface area contributed by atoms with Crippen LogP contribution < -0.4 is 10.1 Å². The molecule has 2 heterocycles. The Hall–Kier alpha value is -4.75. The number of carbonyl (C=O) groups excluding carboxylic acids is 2. The third kappa shape index (κ3) is 5.58. The number of aromatic nitrogens is 2. The van der Waals surface area contributed by atoms with Gasteiger partial charge in [0.05, 0.1) is 23.4 Å². The van der Waals surface area contributed by atoms with Crippen molar-refractivity contribution in [3.8, 4) is 22.7 Å². The maximum Gasteiger partial charge on any atom is 0.265 e. The van der Waals surface area contributed by atoms with Crippen LogP contribution in [0.25, 0.3) is 23.0 Å². The second kappa shape index (κ2) is 10.9. The predicted octanol–water partition coefficient (Wildman–Crippen LogP) is 6.76. The lowest BCUT2D eigenvalue weighted by molar-refractivity contribution is 0.102. The molecule has 6 nitrogen and oxygen atoms in total. The van der Waals surface area contributed by atoms with Crippen LogP contribution in [0.2, 0.25) is 0 Å². The molecule has 0 aliphatic rings.